The summed E-state index contributed by atoms with van der Waals surface area (Å²) >= 11 is 0. The highest BCUT2D eigenvalue weighted by Crippen LogP contribution is 2.17. The maximum absolute atomic E-state index is 12.5. The molecule has 0 aromatic heterocycles. The third-order valence-corrected chi connectivity index (χ3v) is 7.85. The van der Waals surface area contributed by atoms with Crippen molar-refractivity contribution in [2.24, 2.45) is 0 Å². The predicted molar refractivity (Wildman–Crippen MR) is 104 cm³/mol. The van der Waals surface area contributed by atoms with Crippen molar-refractivity contribution in [3.8, 4) is 0 Å². The van der Waals surface area contributed by atoms with Gasteiger partial charge in [0.15, 0.2) is 9.84 Å². The molecular weight excluding hydrogens is 390 g/mol. The van der Waals surface area contributed by atoms with Crippen LogP contribution in [0.4, 0.5) is 0 Å². The van der Waals surface area contributed by atoms with Gasteiger partial charge in [0.2, 0.25) is 10.0 Å². The summed E-state index contributed by atoms with van der Waals surface area (Å²) in [5.74, 6) is -0.560. The molecule has 1 amide bonds. The van der Waals surface area contributed by atoms with Crippen molar-refractivity contribution in [1.29, 1.82) is 0 Å². The normalized spacial score (nSPS) is 19.3. The van der Waals surface area contributed by atoms with E-state index < -0.39 is 25.9 Å². The summed E-state index contributed by atoms with van der Waals surface area (Å²) in [6, 6.07) is 5.11. The van der Waals surface area contributed by atoms with Crippen LogP contribution in [0.3, 0.4) is 0 Å². The van der Waals surface area contributed by atoms with Crippen molar-refractivity contribution >= 4 is 25.8 Å². The molecule has 0 radical (unpaired) electrons. The van der Waals surface area contributed by atoms with E-state index in [1.165, 1.54) is 18.2 Å². The zero-order valence-electron chi connectivity index (χ0n) is 15.6. The van der Waals surface area contributed by atoms with Gasteiger partial charge in [-0.1, -0.05) is 19.9 Å². The smallest absolute Gasteiger partial charge is 0.251 e. The fraction of sp³-hybridized carbons (Fsp3) is 0.588. The van der Waals surface area contributed by atoms with Gasteiger partial charge in [0, 0.05) is 24.7 Å². The predicted octanol–water partition coefficient (Wildman–Crippen LogP) is 0.224. The van der Waals surface area contributed by atoms with Crippen molar-refractivity contribution in [3.05, 3.63) is 29.8 Å². The number of sulfone groups is 1. The maximum atomic E-state index is 12.5. The van der Waals surface area contributed by atoms with Gasteiger partial charge in [-0.05, 0) is 37.7 Å². The Morgan fingerprint density at radius 3 is 2.56 bits per heavy atom. The number of benzene rings is 1. The van der Waals surface area contributed by atoms with Crippen LogP contribution in [-0.4, -0.2) is 71.4 Å². The molecular formula is C17H27N3O5S2. The van der Waals surface area contributed by atoms with E-state index in [0.29, 0.717) is 13.1 Å². The van der Waals surface area contributed by atoms with E-state index in [0.717, 1.165) is 13.1 Å². The zero-order valence-corrected chi connectivity index (χ0v) is 17.3. The van der Waals surface area contributed by atoms with E-state index in [9.17, 15) is 21.6 Å². The van der Waals surface area contributed by atoms with Crippen LogP contribution < -0.4 is 10.0 Å². The number of rotatable bonds is 9. The van der Waals surface area contributed by atoms with E-state index in [-0.39, 0.29) is 34.3 Å². The van der Waals surface area contributed by atoms with E-state index in [2.05, 4.69) is 14.9 Å². The Kier molecular flexibility index (Phi) is 7.38. The van der Waals surface area contributed by atoms with E-state index in [1.807, 2.05) is 13.8 Å². The molecule has 1 fully saturated rings. The summed E-state index contributed by atoms with van der Waals surface area (Å²) in [6.07, 6.45) is 0.257. The molecule has 1 saturated heterocycles. The summed E-state index contributed by atoms with van der Waals surface area (Å²) in [4.78, 5) is 14.4. The average molecular weight is 418 g/mol. The lowest BCUT2D eigenvalue weighted by Crippen LogP contribution is -2.36. The number of carbonyl (C=O) groups is 1. The van der Waals surface area contributed by atoms with Crippen LogP contribution in [0.25, 0.3) is 0 Å². The molecule has 2 rings (SSSR count). The Bertz CT molecular complexity index is 864. The maximum Gasteiger partial charge on any atom is 0.251 e. The van der Waals surface area contributed by atoms with Gasteiger partial charge >= 0.3 is 0 Å². The molecule has 10 heteroatoms. The van der Waals surface area contributed by atoms with E-state index in [1.54, 1.807) is 6.07 Å². The van der Waals surface area contributed by atoms with E-state index >= 15 is 0 Å². The number of hydrogen-bond acceptors (Lipinski definition) is 6. The second-order valence-corrected chi connectivity index (χ2v) is 10.5. The molecule has 0 saturated carbocycles. The molecule has 8 nitrogen and oxygen atoms in total. The van der Waals surface area contributed by atoms with Crippen molar-refractivity contribution in [1.82, 2.24) is 14.9 Å². The highest BCUT2D eigenvalue weighted by Gasteiger charge is 2.31. The molecule has 1 aliphatic rings. The number of sulfonamides is 1. The Morgan fingerprint density at radius 2 is 1.96 bits per heavy atom. The van der Waals surface area contributed by atoms with Crippen LogP contribution in [-0.2, 0) is 19.9 Å². The first-order chi connectivity index (χ1) is 12.7. The lowest BCUT2D eigenvalue weighted by atomic mass is 10.2. The molecule has 152 valence electrons. The summed E-state index contributed by atoms with van der Waals surface area (Å²) in [7, 11) is -7.08. The van der Waals surface area contributed by atoms with Gasteiger partial charge in [-0.25, -0.2) is 21.6 Å². The molecule has 1 aliphatic heterocycles. The van der Waals surface area contributed by atoms with Crippen molar-refractivity contribution in [2.45, 2.75) is 31.2 Å². The molecule has 1 atom stereocenters. The molecule has 1 aromatic rings. The highest BCUT2D eigenvalue weighted by molar-refractivity contribution is 7.92. The molecule has 0 aliphatic carbocycles. The zero-order chi connectivity index (χ0) is 20.1. The van der Waals surface area contributed by atoms with Crippen LogP contribution in [0.15, 0.2) is 29.2 Å². The first-order valence-corrected chi connectivity index (χ1v) is 12.3. The number of carbonyl (C=O) groups excluding carboxylic acids is 1. The second kappa shape index (κ2) is 9.13. The van der Waals surface area contributed by atoms with Crippen molar-refractivity contribution < 1.29 is 21.6 Å². The lowest BCUT2D eigenvalue weighted by molar-refractivity contribution is 0.0948. The van der Waals surface area contributed by atoms with Gasteiger partial charge in [-0.15, -0.1) is 0 Å². The first-order valence-electron chi connectivity index (χ1n) is 9.00. The standard InChI is InChI=1S/C17H27N3O5S2/c1-3-20(4-2)10-9-18-17(21)14-6-5-7-16(12-14)27(24,25)19-15-8-11-26(22,23)13-15/h5-7,12,15,19H,3-4,8-11,13H2,1-2H3,(H,18,21)/t15-/m1/s1. The molecule has 27 heavy (non-hydrogen) atoms. The number of hydrogen-bond donors (Lipinski definition) is 2. The van der Waals surface area contributed by atoms with Gasteiger partial charge in [-0.3, -0.25) is 4.79 Å². The molecule has 0 unspecified atom stereocenters. The molecule has 2 N–H and O–H groups in total. The summed E-state index contributed by atoms with van der Waals surface area (Å²) in [5, 5.41) is 2.79. The SMILES string of the molecule is CCN(CC)CCNC(=O)c1cccc(S(=O)(=O)N[C@@H]2CCS(=O)(=O)C2)c1. The summed E-state index contributed by atoms with van der Waals surface area (Å²) in [5.41, 5.74) is 0.247. The minimum absolute atomic E-state index is 0.0187. The minimum Gasteiger partial charge on any atom is -0.351 e. The van der Waals surface area contributed by atoms with Crippen LogP contribution in [0.1, 0.15) is 30.6 Å². The quantitative estimate of drug-likeness (QED) is 0.595. The summed E-state index contributed by atoms with van der Waals surface area (Å²) < 4.78 is 50.5. The highest BCUT2D eigenvalue weighted by atomic mass is 32.2. The fourth-order valence-corrected chi connectivity index (χ4v) is 6.04. The van der Waals surface area contributed by atoms with Gasteiger partial charge in [0.05, 0.1) is 16.4 Å². The Hall–Kier alpha value is -1.49. The van der Waals surface area contributed by atoms with Gasteiger partial charge in [-0.2, -0.15) is 0 Å². The van der Waals surface area contributed by atoms with Crippen LogP contribution in [0.2, 0.25) is 0 Å². The Labute approximate surface area is 161 Å². The Morgan fingerprint density at radius 1 is 1.26 bits per heavy atom. The second-order valence-electron chi connectivity index (χ2n) is 6.53. The van der Waals surface area contributed by atoms with Crippen LogP contribution in [0, 0.1) is 0 Å². The van der Waals surface area contributed by atoms with Crippen LogP contribution in [0.5, 0.6) is 0 Å². The molecule has 1 heterocycles. The third kappa shape index (κ3) is 6.27. The fourth-order valence-electron chi connectivity index (χ4n) is 2.95. The van der Waals surface area contributed by atoms with Gasteiger partial charge in [0.25, 0.3) is 5.91 Å². The van der Waals surface area contributed by atoms with Gasteiger partial charge < -0.3 is 10.2 Å². The molecule has 0 bridgehead atoms. The lowest BCUT2D eigenvalue weighted by Gasteiger charge is -2.18. The topological polar surface area (TPSA) is 113 Å². The summed E-state index contributed by atoms with van der Waals surface area (Å²) in [6.45, 7) is 7.06. The number of likely N-dealkylation sites (N-methyl/N-ethyl adjacent to an activating group) is 1. The number of nitrogens with zero attached hydrogens (tertiary/aromatic N) is 1. The largest absolute Gasteiger partial charge is 0.351 e. The Balaban J connectivity index is 2.02. The molecule has 1 aromatic carbocycles. The third-order valence-electron chi connectivity index (χ3n) is 4.57. The van der Waals surface area contributed by atoms with Gasteiger partial charge in [0.1, 0.15) is 0 Å². The number of amides is 1. The van der Waals surface area contributed by atoms with Crippen LogP contribution >= 0.6 is 0 Å². The van der Waals surface area contributed by atoms with Crippen molar-refractivity contribution in [2.75, 3.05) is 37.7 Å². The molecule has 0 spiro atoms. The van der Waals surface area contributed by atoms with Crippen molar-refractivity contribution in [3.63, 3.8) is 0 Å². The first kappa shape index (κ1) is 21.8. The number of nitrogens with one attached hydrogen (secondary N) is 2. The average Bonchev–Trinajstić information content (AvgIpc) is 2.96. The minimum atomic E-state index is -3.89. The monoisotopic (exact) mass is 417 g/mol. The van der Waals surface area contributed by atoms with E-state index in [4.69, 9.17) is 0 Å².